The van der Waals surface area contributed by atoms with Gasteiger partial charge in [-0.1, -0.05) is 0 Å². The average Bonchev–Trinajstić information content (AvgIpc) is 2.47. The largest absolute Gasteiger partial charge is 0.350 e. The van der Waals surface area contributed by atoms with Gasteiger partial charge in [0.2, 0.25) is 0 Å². The van der Waals surface area contributed by atoms with Gasteiger partial charge < -0.3 is 15.6 Å². The minimum absolute atomic E-state index is 0.137. The molecule has 1 fully saturated rings. The van der Waals surface area contributed by atoms with E-state index in [2.05, 4.69) is 39.6 Å². The van der Waals surface area contributed by atoms with Gasteiger partial charge in [0.1, 0.15) is 0 Å². The van der Waals surface area contributed by atoms with Crippen LogP contribution in [0.2, 0.25) is 0 Å². The Balaban J connectivity index is 1.94. The van der Waals surface area contributed by atoms with Crippen molar-refractivity contribution in [2.75, 3.05) is 45.7 Å². The molecule has 1 aliphatic heterocycles. The number of aromatic nitrogens is 1. The van der Waals surface area contributed by atoms with Crippen LogP contribution in [0.3, 0.4) is 0 Å². The quantitative estimate of drug-likeness (QED) is 0.501. The van der Waals surface area contributed by atoms with E-state index in [9.17, 15) is 4.79 Å². The van der Waals surface area contributed by atoms with Crippen molar-refractivity contribution in [3.8, 4) is 0 Å². The zero-order chi connectivity index (χ0) is 14.5. The van der Waals surface area contributed by atoms with Gasteiger partial charge in [-0.3, -0.25) is 20.5 Å². The molecule has 0 radical (unpaired) electrons. The van der Waals surface area contributed by atoms with Crippen LogP contribution in [0, 0.1) is 0 Å². The number of anilines is 1. The number of amides is 1. The maximum absolute atomic E-state index is 12.2. The summed E-state index contributed by atoms with van der Waals surface area (Å²) in [6.45, 7) is 3.65. The van der Waals surface area contributed by atoms with Gasteiger partial charge in [0.25, 0.3) is 5.91 Å². The Hall–Kier alpha value is -1.70. The lowest BCUT2D eigenvalue weighted by molar-refractivity contribution is 0.0882. The van der Waals surface area contributed by atoms with Gasteiger partial charge in [0.05, 0.1) is 17.4 Å². The summed E-state index contributed by atoms with van der Waals surface area (Å²) >= 11 is 0. The van der Waals surface area contributed by atoms with Crippen molar-refractivity contribution in [3.05, 3.63) is 24.0 Å². The number of nitrogens with two attached hydrogens (primary N) is 1. The molecule has 0 aliphatic carbocycles. The third-order valence-corrected chi connectivity index (χ3v) is 3.70. The molecule has 1 saturated heterocycles. The number of rotatable bonds is 4. The van der Waals surface area contributed by atoms with E-state index < -0.39 is 0 Å². The van der Waals surface area contributed by atoms with Crippen LogP contribution in [0.25, 0.3) is 0 Å². The Bertz CT molecular complexity index is 466. The highest BCUT2D eigenvalue weighted by atomic mass is 16.1. The van der Waals surface area contributed by atoms with Gasteiger partial charge in [-0.25, -0.2) is 0 Å². The Labute approximate surface area is 119 Å². The molecule has 7 heteroatoms. The molecule has 110 valence electrons. The number of pyridine rings is 1. The molecule has 1 amide bonds. The number of hydrogen-bond acceptors (Lipinski definition) is 6. The monoisotopic (exact) mass is 278 g/mol. The van der Waals surface area contributed by atoms with Crippen LogP contribution in [0.5, 0.6) is 0 Å². The van der Waals surface area contributed by atoms with Gasteiger partial charge >= 0.3 is 0 Å². The molecule has 0 spiro atoms. The molecule has 20 heavy (non-hydrogen) atoms. The molecule has 1 aliphatic rings. The van der Waals surface area contributed by atoms with Gasteiger partial charge in [-0.05, 0) is 20.2 Å². The lowest BCUT2D eigenvalue weighted by Gasteiger charge is -2.37. The topological polar surface area (TPSA) is 86.5 Å². The van der Waals surface area contributed by atoms with Crippen molar-refractivity contribution in [2.45, 2.75) is 6.04 Å². The molecular weight excluding hydrogens is 256 g/mol. The Morgan fingerprint density at radius 3 is 3.05 bits per heavy atom. The number of piperazine rings is 1. The first-order chi connectivity index (χ1) is 9.61. The van der Waals surface area contributed by atoms with Crippen LogP contribution in [0.1, 0.15) is 10.4 Å². The normalized spacial score (nSPS) is 20.6. The standard InChI is InChI=1S/C13H22N6O/c1-18-5-6-19(2)10(9-18)7-16-13(20)11-3-4-15-8-12(11)17-14/h3-4,8,10,17H,5-7,9,14H2,1-2H3,(H,16,20). The second-order valence-electron chi connectivity index (χ2n) is 5.17. The van der Waals surface area contributed by atoms with Gasteiger partial charge in [0.15, 0.2) is 0 Å². The first-order valence-electron chi connectivity index (χ1n) is 6.69. The number of nitrogen functional groups attached to an aromatic ring is 1. The SMILES string of the molecule is CN1CCN(C)C(CNC(=O)c2ccncc2NN)C1. The van der Waals surface area contributed by atoms with Gasteiger partial charge in [-0.15, -0.1) is 0 Å². The van der Waals surface area contributed by atoms with E-state index in [0.29, 0.717) is 23.8 Å². The van der Waals surface area contributed by atoms with Crippen LogP contribution < -0.4 is 16.6 Å². The summed E-state index contributed by atoms with van der Waals surface area (Å²) in [6.07, 6.45) is 3.12. The van der Waals surface area contributed by atoms with E-state index in [1.165, 1.54) is 6.20 Å². The van der Waals surface area contributed by atoms with Crippen molar-refractivity contribution >= 4 is 11.6 Å². The fourth-order valence-corrected chi connectivity index (χ4v) is 2.34. The van der Waals surface area contributed by atoms with Crippen molar-refractivity contribution in [2.24, 2.45) is 5.84 Å². The Morgan fingerprint density at radius 1 is 1.50 bits per heavy atom. The van der Waals surface area contributed by atoms with Crippen LogP contribution in [0.4, 0.5) is 5.69 Å². The highest BCUT2D eigenvalue weighted by Gasteiger charge is 2.22. The first kappa shape index (κ1) is 14.7. The van der Waals surface area contributed by atoms with Crippen molar-refractivity contribution in [1.29, 1.82) is 0 Å². The number of likely N-dealkylation sites (N-methyl/N-ethyl adjacent to an activating group) is 2. The van der Waals surface area contributed by atoms with E-state index in [1.807, 2.05) is 0 Å². The molecule has 7 nitrogen and oxygen atoms in total. The summed E-state index contributed by atoms with van der Waals surface area (Å²) in [5.74, 6) is 5.25. The Kier molecular flexibility index (Phi) is 4.89. The van der Waals surface area contributed by atoms with Crippen LogP contribution >= 0.6 is 0 Å². The zero-order valence-corrected chi connectivity index (χ0v) is 12.0. The lowest BCUT2D eigenvalue weighted by atomic mass is 10.1. The van der Waals surface area contributed by atoms with E-state index in [-0.39, 0.29) is 5.91 Å². The summed E-state index contributed by atoms with van der Waals surface area (Å²) in [5, 5.41) is 2.96. The molecule has 4 N–H and O–H groups in total. The minimum atomic E-state index is -0.137. The second-order valence-corrected chi connectivity index (χ2v) is 5.17. The summed E-state index contributed by atoms with van der Waals surface area (Å²) < 4.78 is 0. The third kappa shape index (κ3) is 3.44. The summed E-state index contributed by atoms with van der Waals surface area (Å²) in [5.41, 5.74) is 3.52. The van der Waals surface area contributed by atoms with Crippen LogP contribution in [0.15, 0.2) is 18.5 Å². The molecular formula is C13H22N6O. The maximum Gasteiger partial charge on any atom is 0.253 e. The zero-order valence-electron chi connectivity index (χ0n) is 12.0. The third-order valence-electron chi connectivity index (χ3n) is 3.70. The average molecular weight is 278 g/mol. The number of nitrogens with zero attached hydrogens (tertiary/aromatic N) is 3. The second kappa shape index (κ2) is 6.65. The lowest BCUT2D eigenvalue weighted by Crippen LogP contribution is -2.54. The molecule has 2 heterocycles. The van der Waals surface area contributed by atoms with Crippen molar-refractivity contribution in [3.63, 3.8) is 0 Å². The fourth-order valence-electron chi connectivity index (χ4n) is 2.34. The van der Waals surface area contributed by atoms with Crippen LogP contribution in [-0.4, -0.2) is 67.0 Å². The van der Waals surface area contributed by atoms with E-state index in [0.717, 1.165) is 19.6 Å². The van der Waals surface area contributed by atoms with Gasteiger partial charge in [-0.2, -0.15) is 0 Å². The van der Waals surface area contributed by atoms with Gasteiger partial charge in [0, 0.05) is 38.4 Å². The first-order valence-corrected chi connectivity index (χ1v) is 6.69. The Morgan fingerprint density at radius 2 is 2.30 bits per heavy atom. The molecule has 1 atom stereocenters. The number of hydrazine groups is 1. The summed E-state index contributed by atoms with van der Waals surface area (Å²) in [4.78, 5) is 20.7. The molecule has 0 bridgehead atoms. The number of carbonyl (C=O) groups excluding carboxylic acids is 1. The highest BCUT2D eigenvalue weighted by Crippen LogP contribution is 2.12. The summed E-state index contributed by atoms with van der Waals surface area (Å²) in [7, 11) is 4.18. The van der Waals surface area contributed by atoms with E-state index >= 15 is 0 Å². The molecule has 1 aromatic heterocycles. The molecule has 0 aromatic carbocycles. The number of hydrogen-bond donors (Lipinski definition) is 3. The predicted octanol–water partition coefficient (Wildman–Crippen LogP) is -0.657. The highest BCUT2D eigenvalue weighted by molar-refractivity contribution is 5.99. The predicted molar refractivity (Wildman–Crippen MR) is 78.3 cm³/mol. The molecule has 2 rings (SSSR count). The van der Waals surface area contributed by atoms with E-state index in [4.69, 9.17) is 5.84 Å². The number of nitrogens with one attached hydrogen (secondary N) is 2. The maximum atomic E-state index is 12.2. The minimum Gasteiger partial charge on any atom is -0.350 e. The van der Waals surface area contributed by atoms with Crippen molar-refractivity contribution in [1.82, 2.24) is 20.1 Å². The smallest absolute Gasteiger partial charge is 0.253 e. The van der Waals surface area contributed by atoms with E-state index in [1.54, 1.807) is 12.3 Å². The van der Waals surface area contributed by atoms with Crippen LogP contribution in [-0.2, 0) is 0 Å². The van der Waals surface area contributed by atoms with Crippen molar-refractivity contribution < 1.29 is 4.79 Å². The molecule has 1 aromatic rings. The fraction of sp³-hybridized carbons (Fsp3) is 0.538. The summed E-state index contributed by atoms with van der Waals surface area (Å²) in [6, 6.07) is 1.98. The molecule has 1 unspecified atom stereocenters. The molecule has 0 saturated carbocycles. The number of carbonyl (C=O) groups is 1.